The number of benzene rings is 1. The molecule has 0 aromatic heterocycles. The Kier molecular flexibility index (Phi) is 5.09. The number of hydrogen-bond donors (Lipinski definition) is 1. The van der Waals surface area contributed by atoms with Crippen LogP contribution in [0, 0.1) is 0 Å². The fourth-order valence-corrected chi connectivity index (χ4v) is 2.33. The fourth-order valence-electron chi connectivity index (χ4n) is 2.33. The molecular formula is C13H20ClNO2. The van der Waals surface area contributed by atoms with Crippen molar-refractivity contribution in [1.82, 2.24) is 5.32 Å². The molecule has 0 radical (unpaired) electrons. The van der Waals surface area contributed by atoms with Crippen molar-refractivity contribution in [2.45, 2.75) is 25.8 Å². The van der Waals surface area contributed by atoms with Crippen LogP contribution in [0.2, 0.25) is 0 Å². The SMILES string of the molecule is CCC1NCCc2cc(OC)c(OC)cc21.Cl. The molecule has 0 aliphatic carbocycles. The van der Waals surface area contributed by atoms with Gasteiger partial charge in [-0.3, -0.25) is 0 Å². The molecule has 0 bridgehead atoms. The molecule has 1 aliphatic heterocycles. The lowest BCUT2D eigenvalue weighted by Gasteiger charge is -2.27. The lowest BCUT2D eigenvalue weighted by atomic mass is 9.92. The molecule has 0 saturated carbocycles. The van der Waals surface area contributed by atoms with Crippen LogP contribution in [0.3, 0.4) is 0 Å². The molecule has 3 nitrogen and oxygen atoms in total. The summed E-state index contributed by atoms with van der Waals surface area (Å²) in [6, 6.07) is 4.66. The lowest BCUT2D eigenvalue weighted by molar-refractivity contribution is 0.352. The summed E-state index contributed by atoms with van der Waals surface area (Å²) >= 11 is 0. The van der Waals surface area contributed by atoms with E-state index >= 15 is 0 Å². The van der Waals surface area contributed by atoms with Gasteiger partial charge in [0.05, 0.1) is 14.2 Å². The first-order valence-electron chi connectivity index (χ1n) is 5.78. The van der Waals surface area contributed by atoms with Gasteiger partial charge in [-0.25, -0.2) is 0 Å². The number of ether oxygens (including phenoxy) is 2. The van der Waals surface area contributed by atoms with E-state index in [4.69, 9.17) is 9.47 Å². The van der Waals surface area contributed by atoms with E-state index in [1.165, 1.54) is 11.1 Å². The zero-order valence-electron chi connectivity index (χ0n) is 10.6. The van der Waals surface area contributed by atoms with Crippen molar-refractivity contribution in [3.8, 4) is 11.5 Å². The van der Waals surface area contributed by atoms with Gasteiger partial charge in [0.15, 0.2) is 11.5 Å². The van der Waals surface area contributed by atoms with Gasteiger partial charge in [-0.15, -0.1) is 12.4 Å². The molecule has 0 fully saturated rings. The highest BCUT2D eigenvalue weighted by molar-refractivity contribution is 5.85. The van der Waals surface area contributed by atoms with Crippen molar-refractivity contribution in [3.05, 3.63) is 23.3 Å². The highest BCUT2D eigenvalue weighted by atomic mass is 35.5. The Morgan fingerprint density at radius 2 is 1.88 bits per heavy atom. The number of nitrogens with one attached hydrogen (secondary N) is 1. The average Bonchev–Trinajstić information content (AvgIpc) is 2.36. The molecule has 2 rings (SSSR count). The van der Waals surface area contributed by atoms with Crippen LogP contribution in [0.1, 0.15) is 30.5 Å². The summed E-state index contributed by atoms with van der Waals surface area (Å²) in [4.78, 5) is 0. The third-order valence-corrected chi connectivity index (χ3v) is 3.21. The standard InChI is InChI=1S/C13H19NO2.ClH/c1-4-11-10-8-13(16-3)12(15-2)7-9(10)5-6-14-11;/h7-8,11,14H,4-6H2,1-3H3;1H. The minimum Gasteiger partial charge on any atom is -0.493 e. The van der Waals surface area contributed by atoms with Crippen LogP contribution >= 0.6 is 12.4 Å². The molecule has 1 N–H and O–H groups in total. The molecular weight excluding hydrogens is 238 g/mol. The van der Waals surface area contributed by atoms with Crippen LogP contribution in [0.25, 0.3) is 0 Å². The van der Waals surface area contributed by atoms with Crippen LogP contribution in [0.4, 0.5) is 0 Å². The van der Waals surface area contributed by atoms with Gasteiger partial charge in [0, 0.05) is 6.04 Å². The van der Waals surface area contributed by atoms with Crippen molar-refractivity contribution < 1.29 is 9.47 Å². The second-order valence-corrected chi connectivity index (χ2v) is 4.07. The molecule has 1 aromatic carbocycles. The van der Waals surface area contributed by atoms with Crippen LogP contribution in [-0.4, -0.2) is 20.8 Å². The summed E-state index contributed by atoms with van der Waals surface area (Å²) in [6.45, 7) is 3.24. The summed E-state index contributed by atoms with van der Waals surface area (Å²) in [5, 5.41) is 3.52. The second-order valence-electron chi connectivity index (χ2n) is 4.07. The van der Waals surface area contributed by atoms with Gasteiger partial charge < -0.3 is 14.8 Å². The Labute approximate surface area is 109 Å². The number of methoxy groups -OCH3 is 2. The zero-order chi connectivity index (χ0) is 11.5. The summed E-state index contributed by atoms with van der Waals surface area (Å²) in [5.74, 6) is 1.65. The maximum absolute atomic E-state index is 5.34. The number of rotatable bonds is 3. The topological polar surface area (TPSA) is 30.5 Å². The van der Waals surface area contributed by atoms with Crippen molar-refractivity contribution in [1.29, 1.82) is 0 Å². The smallest absolute Gasteiger partial charge is 0.161 e. The Hall–Kier alpha value is -0.930. The van der Waals surface area contributed by atoms with E-state index in [1.807, 2.05) is 0 Å². The largest absolute Gasteiger partial charge is 0.493 e. The van der Waals surface area contributed by atoms with Gasteiger partial charge in [-0.05, 0) is 42.6 Å². The minimum atomic E-state index is 0. The van der Waals surface area contributed by atoms with Crippen LogP contribution in [0.15, 0.2) is 12.1 Å². The molecule has 0 saturated heterocycles. The molecule has 4 heteroatoms. The number of halogens is 1. The van der Waals surface area contributed by atoms with Crippen molar-refractivity contribution in [2.24, 2.45) is 0 Å². The summed E-state index contributed by atoms with van der Waals surface area (Å²) in [6.07, 6.45) is 2.16. The molecule has 0 amide bonds. The van der Waals surface area contributed by atoms with E-state index in [0.29, 0.717) is 6.04 Å². The summed E-state index contributed by atoms with van der Waals surface area (Å²) < 4.78 is 10.7. The minimum absolute atomic E-state index is 0. The molecule has 96 valence electrons. The Balaban J connectivity index is 0.00000144. The van der Waals surface area contributed by atoms with Crippen LogP contribution in [-0.2, 0) is 6.42 Å². The Morgan fingerprint density at radius 1 is 1.24 bits per heavy atom. The molecule has 1 heterocycles. The van der Waals surface area contributed by atoms with E-state index in [1.54, 1.807) is 14.2 Å². The van der Waals surface area contributed by atoms with E-state index in [2.05, 4.69) is 24.4 Å². The van der Waals surface area contributed by atoms with Gasteiger partial charge in [0.25, 0.3) is 0 Å². The van der Waals surface area contributed by atoms with Gasteiger partial charge in [0.2, 0.25) is 0 Å². The molecule has 1 atom stereocenters. The van der Waals surface area contributed by atoms with Crippen molar-refractivity contribution in [2.75, 3.05) is 20.8 Å². The van der Waals surface area contributed by atoms with E-state index < -0.39 is 0 Å². The second kappa shape index (κ2) is 6.12. The molecule has 1 unspecified atom stereocenters. The van der Waals surface area contributed by atoms with Gasteiger partial charge in [-0.2, -0.15) is 0 Å². The van der Waals surface area contributed by atoms with Crippen molar-refractivity contribution in [3.63, 3.8) is 0 Å². The van der Waals surface area contributed by atoms with Crippen molar-refractivity contribution >= 4 is 12.4 Å². The lowest BCUT2D eigenvalue weighted by Crippen LogP contribution is -2.29. The first-order valence-corrected chi connectivity index (χ1v) is 5.78. The zero-order valence-corrected chi connectivity index (χ0v) is 11.4. The highest BCUT2D eigenvalue weighted by Gasteiger charge is 2.20. The normalized spacial score (nSPS) is 17.9. The van der Waals surface area contributed by atoms with Gasteiger partial charge >= 0.3 is 0 Å². The van der Waals surface area contributed by atoms with Gasteiger partial charge in [0.1, 0.15) is 0 Å². The highest BCUT2D eigenvalue weighted by Crippen LogP contribution is 2.35. The third kappa shape index (κ3) is 2.67. The maximum Gasteiger partial charge on any atom is 0.161 e. The summed E-state index contributed by atoms with van der Waals surface area (Å²) in [7, 11) is 3.37. The number of hydrogen-bond acceptors (Lipinski definition) is 3. The third-order valence-electron chi connectivity index (χ3n) is 3.21. The van der Waals surface area contributed by atoms with Crippen LogP contribution in [0.5, 0.6) is 11.5 Å². The van der Waals surface area contributed by atoms with E-state index in [9.17, 15) is 0 Å². The van der Waals surface area contributed by atoms with E-state index in [-0.39, 0.29) is 12.4 Å². The average molecular weight is 258 g/mol. The quantitative estimate of drug-likeness (QED) is 0.903. The monoisotopic (exact) mass is 257 g/mol. The fraction of sp³-hybridized carbons (Fsp3) is 0.538. The molecule has 0 spiro atoms. The summed E-state index contributed by atoms with van der Waals surface area (Å²) in [5.41, 5.74) is 2.73. The molecule has 17 heavy (non-hydrogen) atoms. The predicted octanol–water partition coefficient (Wildman–Crippen LogP) is 2.72. The Bertz CT molecular complexity index is 382. The van der Waals surface area contributed by atoms with Gasteiger partial charge in [-0.1, -0.05) is 6.92 Å². The number of fused-ring (bicyclic) bond motifs is 1. The first-order chi connectivity index (χ1) is 7.80. The van der Waals surface area contributed by atoms with E-state index in [0.717, 1.165) is 30.9 Å². The van der Waals surface area contributed by atoms with Crippen LogP contribution < -0.4 is 14.8 Å². The Morgan fingerprint density at radius 3 is 2.47 bits per heavy atom. The maximum atomic E-state index is 5.34. The predicted molar refractivity (Wildman–Crippen MR) is 71.5 cm³/mol. The molecule has 1 aromatic rings. The first kappa shape index (κ1) is 14.1. The molecule has 1 aliphatic rings.